The second kappa shape index (κ2) is 7.94. The number of hydrogen-bond acceptors (Lipinski definition) is 5. The topological polar surface area (TPSA) is 107 Å². The van der Waals surface area contributed by atoms with Crippen LogP contribution in [0.2, 0.25) is 0 Å². The van der Waals surface area contributed by atoms with Gasteiger partial charge in [-0.25, -0.2) is 8.42 Å². The number of hydrogen-bond donors (Lipinski definition) is 2. The maximum absolute atomic E-state index is 12.2. The van der Waals surface area contributed by atoms with Crippen molar-refractivity contribution >= 4 is 34.0 Å². The lowest BCUT2D eigenvalue weighted by atomic mass is 9.95. The highest BCUT2D eigenvalue weighted by molar-refractivity contribution is 7.90. The van der Waals surface area contributed by atoms with Crippen LogP contribution in [0.25, 0.3) is 0 Å². The van der Waals surface area contributed by atoms with E-state index in [9.17, 15) is 13.2 Å². The zero-order valence-corrected chi connectivity index (χ0v) is 14.2. The molecule has 0 radical (unpaired) electrons. The molecule has 0 aromatic carbocycles. The average molecular weight is 351 g/mol. The molecule has 1 saturated carbocycles. The van der Waals surface area contributed by atoms with Gasteiger partial charge in [-0.05, 0) is 25.3 Å². The molecule has 0 bridgehead atoms. The Balaban J connectivity index is 0.00000242. The summed E-state index contributed by atoms with van der Waals surface area (Å²) in [6.45, 7) is 0.810. The van der Waals surface area contributed by atoms with Crippen molar-refractivity contribution in [1.29, 1.82) is 0 Å². The molecule has 1 amide bonds. The van der Waals surface area contributed by atoms with Gasteiger partial charge in [0.25, 0.3) is 0 Å². The minimum Gasteiger partial charge on any atom is -0.330 e. The highest BCUT2D eigenvalue weighted by Gasteiger charge is 2.32. The van der Waals surface area contributed by atoms with Gasteiger partial charge in [0.1, 0.15) is 9.84 Å². The molecule has 22 heavy (non-hydrogen) atoms. The maximum atomic E-state index is 12.2. The number of aryl methyl sites for hydroxylation is 1. The number of nitrogens with one attached hydrogen (secondary N) is 1. The number of nitrogens with two attached hydrogens (primary N) is 1. The molecule has 1 fully saturated rings. The van der Waals surface area contributed by atoms with Crippen LogP contribution in [0.5, 0.6) is 0 Å². The molecule has 1 aromatic heterocycles. The van der Waals surface area contributed by atoms with Crippen molar-refractivity contribution in [2.75, 3.05) is 23.9 Å². The smallest absolute Gasteiger partial charge is 0.229 e. The summed E-state index contributed by atoms with van der Waals surface area (Å²) in [5.74, 6) is 0.640. The van der Waals surface area contributed by atoms with Gasteiger partial charge in [-0.15, -0.1) is 12.4 Å². The van der Waals surface area contributed by atoms with E-state index in [2.05, 4.69) is 10.4 Å². The first-order chi connectivity index (χ1) is 9.89. The highest BCUT2D eigenvalue weighted by atomic mass is 35.5. The van der Waals surface area contributed by atoms with Crippen LogP contribution >= 0.6 is 12.4 Å². The zero-order chi connectivity index (χ0) is 15.5. The predicted octanol–water partition coefficient (Wildman–Crippen LogP) is 0.663. The van der Waals surface area contributed by atoms with Gasteiger partial charge in [-0.2, -0.15) is 5.10 Å². The molecule has 0 unspecified atom stereocenters. The van der Waals surface area contributed by atoms with E-state index in [0.717, 1.165) is 19.3 Å². The Labute approximate surface area is 137 Å². The van der Waals surface area contributed by atoms with Crippen molar-refractivity contribution in [2.45, 2.75) is 25.8 Å². The van der Waals surface area contributed by atoms with Gasteiger partial charge in [0.05, 0.1) is 12.3 Å². The van der Waals surface area contributed by atoms with Crippen molar-refractivity contribution in [3.8, 4) is 0 Å². The minimum absolute atomic E-state index is 0. The van der Waals surface area contributed by atoms with Crippen LogP contribution in [0, 0.1) is 11.8 Å². The number of aromatic nitrogens is 2. The summed E-state index contributed by atoms with van der Waals surface area (Å²) in [7, 11) is -3.02. The Morgan fingerprint density at radius 2 is 2.23 bits per heavy atom. The third-order valence-corrected chi connectivity index (χ3v) is 4.81. The molecule has 2 rings (SSSR count). The van der Waals surface area contributed by atoms with Gasteiger partial charge in [0, 0.05) is 24.4 Å². The summed E-state index contributed by atoms with van der Waals surface area (Å²) in [4.78, 5) is 12.2. The number of amides is 1. The molecule has 1 heterocycles. The number of sulfone groups is 1. The van der Waals surface area contributed by atoms with Crippen LogP contribution in [-0.2, 0) is 21.2 Å². The van der Waals surface area contributed by atoms with Crippen LogP contribution in [0.4, 0.5) is 5.82 Å². The van der Waals surface area contributed by atoms with Crippen molar-refractivity contribution in [3.05, 3.63) is 12.3 Å². The second-order valence-corrected chi connectivity index (χ2v) is 7.88. The summed E-state index contributed by atoms with van der Waals surface area (Å²) >= 11 is 0. The van der Waals surface area contributed by atoms with E-state index >= 15 is 0 Å². The number of halogens is 1. The maximum Gasteiger partial charge on any atom is 0.229 e. The Bertz CT molecular complexity index is 602. The lowest BCUT2D eigenvalue weighted by molar-refractivity contribution is -0.120. The summed E-state index contributed by atoms with van der Waals surface area (Å²) in [6, 6.07) is 1.67. The van der Waals surface area contributed by atoms with E-state index in [1.807, 2.05) is 0 Å². The molecule has 3 N–H and O–H groups in total. The van der Waals surface area contributed by atoms with Crippen LogP contribution in [0.3, 0.4) is 0 Å². The average Bonchev–Trinajstić information content (AvgIpc) is 3.03. The second-order valence-electron chi connectivity index (χ2n) is 5.62. The predicted molar refractivity (Wildman–Crippen MR) is 87.7 cm³/mol. The highest BCUT2D eigenvalue weighted by Crippen LogP contribution is 2.31. The third kappa shape index (κ3) is 5.26. The van der Waals surface area contributed by atoms with E-state index in [0.29, 0.717) is 12.4 Å². The Kier molecular flexibility index (Phi) is 6.83. The number of anilines is 1. The van der Waals surface area contributed by atoms with Gasteiger partial charge in [0.15, 0.2) is 5.82 Å². The zero-order valence-electron chi connectivity index (χ0n) is 12.6. The van der Waals surface area contributed by atoms with Gasteiger partial charge >= 0.3 is 0 Å². The Morgan fingerprint density at radius 1 is 1.50 bits per heavy atom. The SMILES string of the molecule is CS(=O)(=O)CCn1ccc(NC(=O)[C@@H]2CCC[C@@H]2CN)n1.Cl. The number of rotatable bonds is 6. The van der Waals surface area contributed by atoms with Crippen LogP contribution in [0.15, 0.2) is 12.3 Å². The monoisotopic (exact) mass is 350 g/mol. The minimum atomic E-state index is -3.02. The van der Waals surface area contributed by atoms with E-state index in [1.165, 1.54) is 10.9 Å². The molecule has 0 aliphatic heterocycles. The van der Waals surface area contributed by atoms with Crippen LogP contribution in [0.1, 0.15) is 19.3 Å². The van der Waals surface area contributed by atoms with Gasteiger partial charge in [0.2, 0.25) is 5.91 Å². The fourth-order valence-corrected chi connectivity index (χ4v) is 3.21. The fraction of sp³-hybridized carbons (Fsp3) is 0.692. The van der Waals surface area contributed by atoms with Crippen LogP contribution < -0.4 is 11.1 Å². The van der Waals surface area contributed by atoms with Gasteiger partial charge in [-0.1, -0.05) is 6.42 Å². The molecule has 1 aliphatic rings. The fourth-order valence-electron chi connectivity index (χ4n) is 2.70. The van der Waals surface area contributed by atoms with Gasteiger partial charge in [-0.3, -0.25) is 9.48 Å². The molecular formula is C13H23ClN4O3S. The third-order valence-electron chi connectivity index (χ3n) is 3.88. The van der Waals surface area contributed by atoms with E-state index < -0.39 is 9.84 Å². The summed E-state index contributed by atoms with van der Waals surface area (Å²) in [5.41, 5.74) is 5.68. The number of carbonyl (C=O) groups is 1. The first-order valence-electron chi connectivity index (χ1n) is 7.11. The summed E-state index contributed by atoms with van der Waals surface area (Å²) in [6.07, 6.45) is 5.74. The van der Waals surface area contributed by atoms with E-state index in [1.54, 1.807) is 12.3 Å². The normalized spacial score (nSPS) is 21.4. The molecule has 7 nitrogen and oxygen atoms in total. The standard InChI is InChI=1S/C13H22N4O3S.ClH/c1-21(19,20)8-7-17-6-5-12(16-17)15-13(18)11-4-2-3-10(11)9-14;/h5-6,10-11H,2-4,7-9,14H2,1H3,(H,15,16,18);1H/t10-,11-;/m1./s1. The Hall–Kier alpha value is -1.12. The molecule has 1 aromatic rings. The molecular weight excluding hydrogens is 328 g/mol. The van der Waals surface area contributed by atoms with E-state index in [-0.39, 0.29) is 42.4 Å². The quantitative estimate of drug-likeness (QED) is 0.783. The van der Waals surface area contributed by atoms with Crippen molar-refractivity contribution in [1.82, 2.24) is 9.78 Å². The molecule has 126 valence electrons. The lowest BCUT2D eigenvalue weighted by Crippen LogP contribution is -2.29. The molecule has 1 aliphatic carbocycles. The summed E-state index contributed by atoms with van der Waals surface area (Å²) in [5, 5.41) is 6.95. The first-order valence-corrected chi connectivity index (χ1v) is 9.17. The molecule has 0 spiro atoms. The number of carbonyl (C=O) groups excluding carboxylic acids is 1. The van der Waals surface area contributed by atoms with Gasteiger partial charge < -0.3 is 11.1 Å². The number of nitrogens with zero attached hydrogens (tertiary/aromatic N) is 2. The molecule has 9 heteroatoms. The Morgan fingerprint density at radius 3 is 2.86 bits per heavy atom. The summed E-state index contributed by atoms with van der Waals surface area (Å²) < 4.78 is 23.7. The van der Waals surface area contributed by atoms with Crippen LogP contribution in [-0.4, -0.2) is 42.7 Å². The lowest BCUT2D eigenvalue weighted by Gasteiger charge is -2.16. The molecule has 2 atom stereocenters. The first kappa shape index (κ1) is 18.9. The molecule has 0 saturated heterocycles. The van der Waals surface area contributed by atoms with Crippen molar-refractivity contribution < 1.29 is 13.2 Å². The largest absolute Gasteiger partial charge is 0.330 e. The van der Waals surface area contributed by atoms with Crippen molar-refractivity contribution in [3.63, 3.8) is 0 Å². The van der Waals surface area contributed by atoms with E-state index in [4.69, 9.17) is 5.73 Å². The van der Waals surface area contributed by atoms with Crippen molar-refractivity contribution in [2.24, 2.45) is 17.6 Å².